The molecule has 7 heterocycles. The molecule has 0 bridgehead atoms. The van der Waals surface area contributed by atoms with Crippen molar-refractivity contribution in [1.82, 2.24) is 16.0 Å². The number of ether oxygens (including phenoxy) is 14. The van der Waals surface area contributed by atoms with Gasteiger partial charge in [-0.3, -0.25) is 14.4 Å². The van der Waals surface area contributed by atoms with E-state index in [4.69, 9.17) is 66.3 Å². The van der Waals surface area contributed by atoms with Gasteiger partial charge in [0.25, 0.3) is 0 Å². The SMILES string of the molecule is CCCCCCCCCCCCC/C=C/[C@@H](O)[C@H](CO[C@@H]1OC(CO)[C@@H](O[C@@H]2OC(CO)[C@H](O[C@@H]3OC(CO)[C@H](O)[C@H](O[C@@H]4OC(CO[C@@H]5OC(CO)[C@@H](O[C@@H]6OC(CO)[C@H](O)[C@H](O)C6O)[C@H](O[C@H]6C(O)[C@H](O)C(C)O[C@H]6O)C5NC(C)=O)[C@H](O)[C@H](O)C4NC(C)=O)C3O)[C@H](O)C2O)[C@H](O)C1O)NC(=O)CCCCCCCCCCCCCCC. The van der Waals surface area contributed by atoms with Gasteiger partial charge >= 0.3 is 0 Å². The fourth-order valence-electron chi connectivity index (χ4n) is 16.1. The number of aliphatic hydroxyl groups excluding tert-OH is 20. The van der Waals surface area contributed by atoms with Crippen molar-refractivity contribution in [1.29, 1.82) is 0 Å². The maximum absolute atomic E-state index is 13.5. The molecule has 0 radical (unpaired) electrons. The van der Waals surface area contributed by atoms with E-state index in [2.05, 4.69) is 29.8 Å². The van der Waals surface area contributed by atoms with Crippen molar-refractivity contribution in [2.45, 2.75) is 429 Å². The van der Waals surface area contributed by atoms with Crippen molar-refractivity contribution >= 4 is 17.7 Å². The summed E-state index contributed by atoms with van der Waals surface area (Å²) in [5.41, 5.74) is 0. The van der Waals surface area contributed by atoms with Crippen LogP contribution in [-0.4, -0.2) is 393 Å². The largest absolute Gasteiger partial charge is 0.394 e. The van der Waals surface area contributed by atoms with E-state index < -0.39 is 285 Å². The van der Waals surface area contributed by atoms with Crippen LogP contribution in [0, 0.1) is 0 Å². The quantitative estimate of drug-likeness (QED) is 0.0202. The number of nitrogens with one attached hydrogen (secondary N) is 3. The summed E-state index contributed by atoms with van der Waals surface area (Å²) >= 11 is 0. The van der Waals surface area contributed by atoms with Gasteiger partial charge in [-0.1, -0.05) is 167 Å². The van der Waals surface area contributed by atoms with Crippen LogP contribution in [0.2, 0.25) is 0 Å². The Labute approximate surface area is 700 Å². The lowest BCUT2D eigenvalue weighted by Crippen LogP contribution is -2.70. The van der Waals surface area contributed by atoms with Crippen molar-refractivity contribution in [3.63, 3.8) is 0 Å². The van der Waals surface area contributed by atoms with Gasteiger partial charge in [-0.05, 0) is 26.2 Å². The van der Waals surface area contributed by atoms with Gasteiger partial charge < -0.3 is 184 Å². The van der Waals surface area contributed by atoms with Crippen molar-refractivity contribution < 1.29 is 183 Å². The Hall–Kier alpha value is -3.21. The molecule has 0 aromatic rings. The zero-order valence-electron chi connectivity index (χ0n) is 69.7. The summed E-state index contributed by atoms with van der Waals surface area (Å²) in [5.74, 6) is -2.09. The van der Waals surface area contributed by atoms with Crippen molar-refractivity contribution in [2.75, 3.05) is 46.2 Å². The first-order chi connectivity index (χ1) is 57.5. The number of carbonyl (C=O) groups is 3. The lowest BCUT2D eigenvalue weighted by Gasteiger charge is -2.51. The molecule has 40 heteroatoms. The number of aliphatic hydroxyl groups is 20. The van der Waals surface area contributed by atoms with E-state index in [1.807, 2.05) is 6.08 Å². The van der Waals surface area contributed by atoms with E-state index in [0.29, 0.717) is 12.8 Å². The molecule has 40 nitrogen and oxygen atoms in total. The van der Waals surface area contributed by atoms with Crippen LogP contribution in [0.1, 0.15) is 202 Å². The second-order valence-corrected chi connectivity index (χ2v) is 32.8. The Kier molecular flexibility index (Phi) is 46.3. The predicted octanol–water partition coefficient (Wildman–Crippen LogP) is -4.35. The summed E-state index contributed by atoms with van der Waals surface area (Å²) < 4.78 is 83.1. The molecule has 0 saturated carbocycles. The summed E-state index contributed by atoms with van der Waals surface area (Å²) in [6.45, 7) is 1.26. The highest BCUT2D eigenvalue weighted by atomic mass is 16.8. The zero-order valence-corrected chi connectivity index (χ0v) is 69.7. The summed E-state index contributed by atoms with van der Waals surface area (Å²) in [6.07, 6.45) is -33.4. The third-order valence-corrected chi connectivity index (χ3v) is 23.3. The molecule has 14 unspecified atom stereocenters. The number of hydrogen-bond donors (Lipinski definition) is 23. The molecule has 0 spiro atoms. The molecule has 7 fully saturated rings. The third kappa shape index (κ3) is 29.9. The Morgan fingerprint density at radius 2 is 0.758 bits per heavy atom. The maximum Gasteiger partial charge on any atom is 0.220 e. The number of carbonyl (C=O) groups excluding carboxylic acids is 3. The molecule has 700 valence electrons. The number of allylic oxidation sites excluding steroid dienone is 1. The Morgan fingerprint density at radius 1 is 0.358 bits per heavy atom. The van der Waals surface area contributed by atoms with Crippen molar-refractivity contribution in [3.8, 4) is 0 Å². The van der Waals surface area contributed by atoms with E-state index in [-0.39, 0.29) is 12.3 Å². The molecule has 0 aliphatic carbocycles. The van der Waals surface area contributed by atoms with Crippen LogP contribution < -0.4 is 16.0 Å². The van der Waals surface area contributed by atoms with Gasteiger partial charge in [-0.25, -0.2) is 0 Å². The van der Waals surface area contributed by atoms with E-state index in [0.717, 1.165) is 65.2 Å². The highest BCUT2D eigenvalue weighted by molar-refractivity contribution is 5.76. The minimum atomic E-state index is -2.29. The van der Waals surface area contributed by atoms with Crippen LogP contribution in [0.15, 0.2) is 12.2 Å². The fourth-order valence-corrected chi connectivity index (χ4v) is 16.1. The van der Waals surface area contributed by atoms with Gasteiger partial charge in [0.15, 0.2) is 44.0 Å². The van der Waals surface area contributed by atoms with Crippen LogP contribution in [0.5, 0.6) is 0 Å². The molecular weight excluding hydrogens is 1590 g/mol. The molecule has 7 aliphatic heterocycles. The second kappa shape index (κ2) is 53.6. The first kappa shape index (κ1) is 104. The van der Waals surface area contributed by atoms with Crippen molar-refractivity contribution in [2.24, 2.45) is 0 Å². The number of amides is 3. The standard InChI is InChI=1S/C80H143N3O37/c1-6-8-10-12-14-16-18-20-22-24-26-28-30-32-45(91)44(83-52(92)33-31-29-27-25-23-21-19-17-15-13-11-9-7-2)39-107-77-65(103)62(100)68(48(36-86)113-77)117-79-66(104)63(101)69(49(37-87)114-79)118-80-67(105)72(58(96)47(35-85)111-80)120-76-53(81-42(4)89)59(97)57(95)51(115-76)40-108-75-54(82-43(5)90)71(116-73-61(99)55(93)41(3)109-74(73)106)70(50(38-88)112-75)119-78-64(102)60(98)56(94)46(34-84)110-78/h30,32,41,44-51,53-80,84-88,91,93-106H,6-29,31,33-40H2,1-5H3,(H,81,89)(H,82,90)(H,83,92)/b32-30+/t41?,44-,45+,46?,47?,48?,49?,50?,51?,53?,54?,55+,56-,57-,58-,59+,60-,61?,62+,63+,64?,65?,66?,67?,68+,69-,70+,71+,72-,73-,74+,75+,76-,77+,78-,79-,80-/m0/s1. The lowest BCUT2D eigenvalue weighted by molar-refractivity contribution is -0.387. The summed E-state index contributed by atoms with van der Waals surface area (Å²) in [5, 5.41) is 232. The molecule has 120 heavy (non-hydrogen) atoms. The Morgan fingerprint density at radius 3 is 1.27 bits per heavy atom. The van der Waals surface area contributed by atoms with Gasteiger partial charge in [0.2, 0.25) is 17.7 Å². The average Bonchev–Trinajstić information content (AvgIpc) is 0.767. The second-order valence-electron chi connectivity index (χ2n) is 32.8. The highest BCUT2D eigenvalue weighted by Crippen LogP contribution is 2.39. The summed E-state index contributed by atoms with van der Waals surface area (Å²) in [4.78, 5) is 39.4. The van der Waals surface area contributed by atoms with Crippen LogP contribution in [-0.2, 0) is 80.7 Å². The van der Waals surface area contributed by atoms with Gasteiger partial charge in [0, 0.05) is 20.3 Å². The molecule has 0 aromatic carbocycles. The average molecular weight is 1740 g/mol. The van der Waals surface area contributed by atoms with Crippen LogP contribution in [0.25, 0.3) is 0 Å². The predicted molar refractivity (Wildman–Crippen MR) is 416 cm³/mol. The maximum atomic E-state index is 13.5. The van der Waals surface area contributed by atoms with Gasteiger partial charge in [-0.2, -0.15) is 0 Å². The monoisotopic (exact) mass is 1740 g/mol. The number of hydrogen-bond acceptors (Lipinski definition) is 37. The van der Waals surface area contributed by atoms with E-state index >= 15 is 0 Å². The first-order valence-corrected chi connectivity index (χ1v) is 43.3. The smallest absolute Gasteiger partial charge is 0.220 e. The minimum Gasteiger partial charge on any atom is -0.394 e. The van der Waals surface area contributed by atoms with Gasteiger partial charge in [0.1, 0.15) is 165 Å². The van der Waals surface area contributed by atoms with Crippen LogP contribution in [0.4, 0.5) is 0 Å². The topological polar surface area (TPSA) is 621 Å². The van der Waals surface area contributed by atoms with E-state index in [9.17, 15) is 117 Å². The molecule has 23 N–H and O–H groups in total. The lowest BCUT2D eigenvalue weighted by atomic mass is 9.93. The normalized spacial score (nSPS) is 39.4. The third-order valence-electron chi connectivity index (χ3n) is 23.3. The molecule has 7 saturated heterocycles. The zero-order chi connectivity index (χ0) is 87.9. The first-order valence-electron chi connectivity index (χ1n) is 43.3. The molecule has 0 aromatic heterocycles. The van der Waals surface area contributed by atoms with Gasteiger partial charge in [0.05, 0.1) is 64.5 Å². The fraction of sp³-hybridized carbons (Fsp3) is 0.938. The highest BCUT2D eigenvalue weighted by Gasteiger charge is 2.59. The van der Waals surface area contributed by atoms with Crippen molar-refractivity contribution in [3.05, 3.63) is 12.2 Å². The van der Waals surface area contributed by atoms with Crippen LogP contribution >= 0.6 is 0 Å². The van der Waals surface area contributed by atoms with Gasteiger partial charge in [-0.15, -0.1) is 0 Å². The molecule has 3 amide bonds. The molecule has 7 rings (SSSR count). The number of rotatable bonds is 52. The summed E-state index contributed by atoms with van der Waals surface area (Å²) in [7, 11) is 0. The minimum absolute atomic E-state index is 0.171. The van der Waals surface area contributed by atoms with Crippen LogP contribution in [0.3, 0.4) is 0 Å². The van der Waals surface area contributed by atoms with E-state index in [1.54, 1.807) is 6.08 Å². The number of unbranched alkanes of at least 4 members (excludes halogenated alkanes) is 23. The molecule has 37 atom stereocenters. The Balaban J connectivity index is 1.00. The Bertz CT molecular complexity index is 2870. The molecule has 7 aliphatic rings. The molecular formula is C80H143N3O37. The van der Waals surface area contributed by atoms with E-state index in [1.165, 1.54) is 103 Å². The summed E-state index contributed by atoms with van der Waals surface area (Å²) in [6, 6.07) is -4.67.